The summed E-state index contributed by atoms with van der Waals surface area (Å²) in [4.78, 5) is 17.3. The first-order chi connectivity index (χ1) is 10.7. The van der Waals surface area contributed by atoms with Crippen LogP contribution in [0.4, 0.5) is 0 Å². The second-order valence-electron chi connectivity index (χ2n) is 7.26. The van der Waals surface area contributed by atoms with Crippen molar-refractivity contribution in [3.8, 4) is 0 Å². The van der Waals surface area contributed by atoms with Crippen molar-refractivity contribution in [2.24, 2.45) is 11.8 Å². The first-order valence-electron chi connectivity index (χ1n) is 8.44. The maximum atomic E-state index is 12.4. The van der Waals surface area contributed by atoms with Crippen molar-refractivity contribution in [2.75, 3.05) is 26.7 Å². The van der Waals surface area contributed by atoms with Gasteiger partial charge in [0.1, 0.15) is 0 Å². The fourth-order valence-corrected chi connectivity index (χ4v) is 4.73. The maximum absolute atomic E-state index is 12.4. The van der Waals surface area contributed by atoms with E-state index in [1.54, 1.807) is 11.3 Å². The molecule has 3 fully saturated rings. The highest BCUT2D eigenvalue weighted by Gasteiger charge is 2.47. The lowest BCUT2D eigenvalue weighted by Gasteiger charge is -2.26. The summed E-state index contributed by atoms with van der Waals surface area (Å²) in [7, 11) is 2.14. The van der Waals surface area contributed by atoms with Crippen molar-refractivity contribution >= 4 is 17.2 Å². The van der Waals surface area contributed by atoms with Crippen molar-refractivity contribution < 1.29 is 4.79 Å². The van der Waals surface area contributed by atoms with Crippen LogP contribution >= 0.6 is 11.3 Å². The molecular formula is C17H25N3OS. The molecule has 0 unspecified atom stereocenters. The number of nitrogens with zero attached hydrogens (tertiary/aromatic N) is 2. The minimum Gasteiger partial charge on any atom is -0.354 e. The summed E-state index contributed by atoms with van der Waals surface area (Å²) in [6.45, 7) is 4.19. The van der Waals surface area contributed by atoms with Gasteiger partial charge in [-0.1, -0.05) is 0 Å². The number of thiophene rings is 1. The molecule has 1 N–H and O–H groups in total. The summed E-state index contributed by atoms with van der Waals surface area (Å²) in [5, 5.41) is 7.55. The van der Waals surface area contributed by atoms with E-state index in [1.807, 2.05) is 0 Å². The van der Waals surface area contributed by atoms with E-state index >= 15 is 0 Å². The van der Waals surface area contributed by atoms with E-state index in [0.29, 0.717) is 12.0 Å². The molecule has 1 amide bonds. The first kappa shape index (κ1) is 14.7. The number of hydrogen-bond acceptors (Lipinski definition) is 4. The number of carbonyl (C=O) groups excluding carboxylic acids is 1. The summed E-state index contributed by atoms with van der Waals surface area (Å²) in [5.41, 5.74) is 1.42. The molecule has 0 aromatic carbocycles. The molecule has 1 saturated carbocycles. The maximum Gasteiger partial charge on any atom is 0.237 e. The standard InChI is InChI=1S/C17H25N3OS/c1-19-15(17(21)18-7-12-2-3-12)6-14-9-20(10-16(14)19)8-13-4-5-22-11-13/h4-5,11-12,14-16H,2-3,6-10H2,1H3,(H,18,21)/t14-,15-,16+/m0/s1. The molecule has 4 nitrogen and oxygen atoms in total. The summed E-state index contributed by atoms with van der Waals surface area (Å²) >= 11 is 1.77. The molecule has 4 rings (SSSR count). The quantitative estimate of drug-likeness (QED) is 0.898. The fourth-order valence-electron chi connectivity index (χ4n) is 4.07. The summed E-state index contributed by atoms with van der Waals surface area (Å²) in [6, 6.07) is 2.86. The Morgan fingerprint density at radius 3 is 2.95 bits per heavy atom. The second-order valence-corrected chi connectivity index (χ2v) is 8.04. The van der Waals surface area contributed by atoms with Crippen LogP contribution in [0, 0.1) is 11.8 Å². The van der Waals surface area contributed by atoms with E-state index < -0.39 is 0 Å². The van der Waals surface area contributed by atoms with E-state index in [-0.39, 0.29) is 11.9 Å². The Balaban J connectivity index is 1.31. The summed E-state index contributed by atoms with van der Waals surface area (Å²) in [5.74, 6) is 1.67. The number of fused-ring (bicyclic) bond motifs is 1. The minimum absolute atomic E-state index is 0.0945. The van der Waals surface area contributed by atoms with Crippen LogP contribution in [0.15, 0.2) is 16.8 Å². The van der Waals surface area contributed by atoms with Gasteiger partial charge in [-0.2, -0.15) is 11.3 Å². The van der Waals surface area contributed by atoms with Crippen LogP contribution in [-0.4, -0.2) is 54.5 Å². The van der Waals surface area contributed by atoms with Crippen LogP contribution in [0.3, 0.4) is 0 Å². The molecule has 1 aromatic rings. The molecule has 2 aliphatic heterocycles. The Hall–Kier alpha value is -0.910. The molecule has 3 atom stereocenters. The topological polar surface area (TPSA) is 35.6 Å². The molecule has 0 bridgehead atoms. The van der Waals surface area contributed by atoms with Crippen LogP contribution in [0.1, 0.15) is 24.8 Å². The van der Waals surface area contributed by atoms with Gasteiger partial charge in [0.2, 0.25) is 5.91 Å². The lowest BCUT2D eigenvalue weighted by atomic mass is 10.0. The fraction of sp³-hybridized carbons (Fsp3) is 0.706. The second kappa shape index (κ2) is 5.95. The lowest BCUT2D eigenvalue weighted by Crippen LogP contribution is -2.46. The Morgan fingerprint density at radius 1 is 1.41 bits per heavy atom. The predicted molar refractivity (Wildman–Crippen MR) is 88.8 cm³/mol. The molecule has 2 saturated heterocycles. The van der Waals surface area contributed by atoms with E-state index in [4.69, 9.17) is 0 Å². The van der Waals surface area contributed by atoms with Crippen LogP contribution in [0.5, 0.6) is 0 Å². The zero-order valence-electron chi connectivity index (χ0n) is 13.2. The zero-order valence-corrected chi connectivity index (χ0v) is 14.0. The average Bonchev–Trinajstić information content (AvgIpc) is 2.90. The Labute approximate surface area is 136 Å². The molecule has 5 heteroatoms. The van der Waals surface area contributed by atoms with E-state index in [9.17, 15) is 4.79 Å². The number of carbonyl (C=O) groups is 1. The van der Waals surface area contributed by atoms with Gasteiger partial charge in [-0.05, 0) is 60.5 Å². The smallest absolute Gasteiger partial charge is 0.237 e. The number of nitrogens with one attached hydrogen (secondary N) is 1. The number of likely N-dealkylation sites (tertiary alicyclic amines) is 2. The zero-order chi connectivity index (χ0) is 15.1. The minimum atomic E-state index is 0.0945. The van der Waals surface area contributed by atoms with Crippen molar-refractivity contribution in [2.45, 2.75) is 37.9 Å². The Bertz CT molecular complexity index is 528. The van der Waals surface area contributed by atoms with E-state index in [1.165, 1.54) is 18.4 Å². The molecule has 0 spiro atoms. The van der Waals surface area contributed by atoms with E-state index in [0.717, 1.165) is 38.5 Å². The lowest BCUT2D eigenvalue weighted by molar-refractivity contribution is -0.125. The van der Waals surface area contributed by atoms with Gasteiger partial charge in [0.05, 0.1) is 6.04 Å². The van der Waals surface area contributed by atoms with Gasteiger partial charge in [0.15, 0.2) is 0 Å². The van der Waals surface area contributed by atoms with Gasteiger partial charge in [0, 0.05) is 32.2 Å². The largest absolute Gasteiger partial charge is 0.354 e. The molecule has 3 aliphatic rings. The van der Waals surface area contributed by atoms with Crippen molar-refractivity contribution in [3.05, 3.63) is 22.4 Å². The van der Waals surface area contributed by atoms with Crippen LogP contribution in [0.25, 0.3) is 0 Å². The molecular weight excluding hydrogens is 294 g/mol. The van der Waals surface area contributed by atoms with Gasteiger partial charge in [0.25, 0.3) is 0 Å². The number of rotatable bonds is 5. The molecule has 1 aliphatic carbocycles. The summed E-state index contributed by atoms with van der Waals surface area (Å²) in [6.07, 6.45) is 3.62. The number of likely N-dealkylation sites (N-methyl/N-ethyl adjacent to an activating group) is 1. The normalized spacial score (nSPS) is 32.3. The number of amides is 1. The van der Waals surface area contributed by atoms with Gasteiger partial charge in [-0.3, -0.25) is 14.6 Å². The molecule has 22 heavy (non-hydrogen) atoms. The highest BCUT2D eigenvalue weighted by molar-refractivity contribution is 7.07. The van der Waals surface area contributed by atoms with Gasteiger partial charge in [-0.15, -0.1) is 0 Å². The summed E-state index contributed by atoms with van der Waals surface area (Å²) < 4.78 is 0. The third kappa shape index (κ3) is 2.94. The van der Waals surface area contributed by atoms with Crippen LogP contribution in [-0.2, 0) is 11.3 Å². The third-order valence-electron chi connectivity index (χ3n) is 5.57. The van der Waals surface area contributed by atoms with Crippen LogP contribution < -0.4 is 5.32 Å². The van der Waals surface area contributed by atoms with Crippen molar-refractivity contribution in [1.82, 2.24) is 15.1 Å². The van der Waals surface area contributed by atoms with Gasteiger partial charge < -0.3 is 5.32 Å². The highest BCUT2D eigenvalue weighted by atomic mass is 32.1. The Kier molecular flexibility index (Phi) is 3.96. The van der Waals surface area contributed by atoms with Crippen LogP contribution in [0.2, 0.25) is 0 Å². The van der Waals surface area contributed by atoms with E-state index in [2.05, 4.69) is 39.0 Å². The molecule has 0 radical (unpaired) electrons. The Morgan fingerprint density at radius 2 is 2.27 bits per heavy atom. The molecule has 3 heterocycles. The molecule has 1 aromatic heterocycles. The van der Waals surface area contributed by atoms with Crippen molar-refractivity contribution in [1.29, 1.82) is 0 Å². The van der Waals surface area contributed by atoms with Crippen molar-refractivity contribution in [3.63, 3.8) is 0 Å². The highest BCUT2D eigenvalue weighted by Crippen LogP contribution is 2.35. The van der Waals surface area contributed by atoms with Gasteiger partial charge in [-0.25, -0.2) is 0 Å². The first-order valence-corrected chi connectivity index (χ1v) is 9.38. The average molecular weight is 319 g/mol. The number of hydrogen-bond donors (Lipinski definition) is 1. The predicted octanol–water partition coefficient (Wildman–Crippen LogP) is 1.78. The van der Waals surface area contributed by atoms with Gasteiger partial charge >= 0.3 is 0 Å². The SMILES string of the molecule is CN1[C@@H]2CN(Cc3ccsc3)C[C@@H]2C[C@H]1C(=O)NCC1CC1. The molecule has 120 valence electrons. The monoisotopic (exact) mass is 319 g/mol. The third-order valence-corrected chi connectivity index (χ3v) is 6.31.